The van der Waals surface area contributed by atoms with Crippen LogP contribution in [0.3, 0.4) is 0 Å². The van der Waals surface area contributed by atoms with Crippen LogP contribution in [-0.2, 0) is 0 Å². The number of nitrogens with zero attached hydrogens (tertiary/aromatic N) is 1. The summed E-state index contributed by atoms with van der Waals surface area (Å²) >= 11 is 0. The van der Waals surface area contributed by atoms with Crippen molar-refractivity contribution in [3.05, 3.63) is 18.5 Å². The molecule has 1 spiro atoms. The Bertz CT molecular complexity index is 302. The summed E-state index contributed by atoms with van der Waals surface area (Å²) in [5.41, 5.74) is 2.88. The van der Waals surface area contributed by atoms with Crippen LogP contribution in [0.2, 0.25) is 0 Å². The second-order valence-electron chi connectivity index (χ2n) is 4.13. The Morgan fingerprint density at radius 1 is 1.15 bits per heavy atom. The zero-order chi connectivity index (χ0) is 8.73. The highest BCUT2D eigenvalue weighted by Crippen LogP contribution is 2.47. The van der Waals surface area contributed by atoms with E-state index in [0.29, 0.717) is 5.41 Å². The van der Waals surface area contributed by atoms with E-state index in [0.717, 1.165) is 18.8 Å². The van der Waals surface area contributed by atoms with Gasteiger partial charge >= 0.3 is 0 Å². The second kappa shape index (κ2) is 2.37. The molecule has 1 saturated carbocycles. The predicted octanol–water partition coefficient (Wildman–Crippen LogP) is 1.70. The van der Waals surface area contributed by atoms with Crippen molar-refractivity contribution in [3.63, 3.8) is 0 Å². The Labute approximate surface area is 77.6 Å². The number of hydrogen-bond acceptors (Lipinski definition) is 3. The predicted molar refractivity (Wildman–Crippen MR) is 52.9 cm³/mol. The molecule has 0 atom stereocenters. The van der Waals surface area contributed by atoms with Crippen molar-refractivity contribution in [1.82, 2.24) is 4.98 Å². The summed E-state index contributed by atoms with van der Waals surface area (Å²) < 4.78 is 0. The van der Waals surface area contributed by atoms with Gasteiger partial charge in [0.15, 0.2) is 0 Å². The highest BCUT2D eigenvalue weighted by molar-refractivity contribution is 5.68. The van der Waals surface area contributed by atoms with Gasteiger partial charge in [0.25, 0.3) is 0 Å². The van der Waals surface area contributed by atoms with Crippen LogP contribution in [0.15, 0.2) is 18.5 Å². The van der Waals surface area contributed by atoms with Crippen LogP contribution in [0.5, 0.6) is 0 Å². The molecule has 3 rings (SSSR count). The molecule has 1 aromatic heterocycles. The fourth-order valence-corrected chi connectivity index (χ4v) is 1.85. The van der Waals surface area contributed by atoms with Crippen molar-refractivity contribution in [1.29, 1.82) is 0 Å². The number of pyridine rings is 1. The van der Waals surface area contributed by atoms with Gasteiger partial charge in [0.05, 0.1) is 17.6 Å². The van der Waals surface area contributed by atoms with E-state index in [2.05, 4.69) is 15.6 Å². The molecule has 0 amide bonds. The fraction of sp³-hybridized carbons (Fsp3) is 0.500. The normalized spacial score (nSPS) is 22.5. The first kappa shape index (κ1) is 7.18. The lowest BCUT2D eigenvalue weighted by Crippen LogP contribution is -2.19. The van der Waals surface area contributed by atoms with Crippen LogP contribution < -0.4 is 10.6 Å². The molecule has 3 heteroatoms. The smallest absolute Gasteiger partial charge is 0.0762 e. The van der Waals surface area contributed by atoms with E-state index in [1.807, 2.05) is 18.5 Å². The largest absolute Gasteiger partial charge is 0.383 e. The Balaban J connectivity index is 1.92. The molecule has 2 heterocycles. The van der Waals surface area contributed by atoms with E-state index in [1.165, 1.54) is 18.5 Å². The molecule has 2 aliphatic rings. The maximum atomic E-state index is 4.11. The van der Waals surface area contributed by atoms with Crippen LogP contribution in [0.1, 0.15) is 12.8 Å². The minimum atomic E-state index is 0.541. The van der Waals surface area contributed by atoms with Crippen LogP contribution in [0, 0.1) is 5.41 Å². The molecule has 0 bridgehead atoms. The van der Waals surface area contributed by atoms with E-state index < -0.39 is 0 Å². The molecular formula is C10H13N3. The summed E-state index contributed by atoms with van der Waals surface area (Å²) in [4.78, 5) is 4.11. The molecule has 1 aliphatic heterocycles. The number of fused-ring (bicyclic) bond motifs is 1. The first-order chi connectivity index (χ1) is 6.38. The van der Waals surface area contributed by atoms with Gasteiger partial charge in [-0.05, 0) is 18.9 Å². The van der Waals surface area contributed by atoms with Gasteiger partial charge in [0.1, 0.15) is 0 Å². The fourth-order valence-electron chi connectivity index (χ4n) is 1.85. The minimum Gasteiger partial charge on any atom is -0.383 e. The molecule has 0 unspecified atom stereocenters. The molecule has 3 nitrogen and oxygen atoms in total. The number of hydrogen-bond donors (Lipinski definition) is 2. The average Bonchev–Trinajstić information content (AvgIpc) is 2.96. The van der Waals surface area contributed by atoms with Crippen molar-refractivity contribution in [2.45, 2.75) is 12.8 Å². The molecule has 68 valence electrons. The van der Waals surface area contributed by atoms with E-state index >= 15 is 0 Å². The van der Waals surface area contributed by atoms with Gasteiger partial charge in [0.2, 0.25) is 0 Å². The SMILES string of the molecule is c1cc2c(cn1)NCC1(CC1)CN2. The molecule has 1 aliphatic carbocycles. The molecule has 13 heavy (non-hydrogen) atoms. The van der Waals surface area contributed by atoms with Gasteiger partial charge in [-0.25, -0.2) is 0 Å². The molecule has 1 aromatic rings. The van der Waals surface area contributed by atoms with Gasteiger partial charge in [-0.1, -0.05) is 0 Å². The van der Waals surface area contributed by atoms with E-state index in [4.69, 9.17) is 0 Å². The van der Waals surface area contributed by atoms with Crippen LogP contribution in [-0.4, -0.2) is 18.1 Å². The number of rotatable bonds is 0. The van der Waals surface area contributed by atoms with Crippen molar-refractivity contribution in [2.24, 2.45) is 5.41 Å². The van der Waals surface area contributed by atoms with Crippen molar-refractivity contribution in [2.75, 3.05) is 23.7 Å². The first-order valence-electron chi connectivity index (χ1n) is 4.80. The topological polar surface area (TPSA) is 37.0 Å². The van der Waals surface area contributed by atoms with Gasteiger partial charge in [-0.15, -0.1) is 0 Å². The van der Waals surface area contributed by atoms with Crippen molar-refractivity contribution < 1.29 is 0 Å². The van der Waals surface area contributed by atoms with E-state index in [1.54, 1.807) is 0 Å². The molecular weight excluding hydrogens is 162 g/mol. The molecule has 0 saturated heterocycles. The Morgan fingerprint density at radius 3 is 2.69 bits per heavy atom. The number of aromatic nitrogens is 1. The van der Waals surface area contributed by atoms with Gasteiger partial charge in [-0.2, -0.15) is 0 Å². The van der Waals surface area contributed by atoms with E-state index in [-0.39, 0.29) is 0 Å². The zero-order valence-corrected chi connectivity index (χ0v) is 7.51. The second-order valence-corrected chi connectivity index (χ2v) is 4.13. The maximum Gasteiger partial charge on any atom is 0.0762 e. The van der Waals surface area contributed by atoms with E-state index in [9.17, 15) is 0 Å². The average molecular weight is 175 g/mol. The highest BCUT2D eigenvalue weighted by atomic mass is 15.0. The molecule has 0 radical (unpaired) electrons. The van der Waals surface area contributed by atoms with Gasteiger partial charge < -0.3 is 10.6 Å². The number of anilines is 2. The molecule has 1 fully saturated rings. The van der Waals surface area contributed by atoms with Gasteiger partial charge in [0, 0.05) is 24.7 Å². The van der Waals surface area contributed by atoms with Crippen molar-refractivity contribution in [3.8, 4) is 0 Å². The zero-order valence-electron chi connectivity index (χ0n) is 7.51. The lowest BCUT2D eigenvalue weighted by molar-refractivity contribution is 0.582. The first-order valence-corrected chi connectivity index (χ1v) is 4.80. The summed E-state index contributed by atoms with van der Waals surface area (Å²) in [7, 11) is 0. The summed E-state index contributed by atoms with van der Waals surface area (Å²) in [6, 6.07) is 2.03. The standard InChI is InChI=1S/C10H13N3/c1-4-11-5-9-8(1)12-6-10(2-3-10)7-13-9/h1,4-5,12-13H,2-3,6-7H2. The molecule has 0 aromatic carbocycles. The lowest BCUT2D eigenvalue weighted by atomic mass is 10.1. The van der Waals surface area contributed by atoms with Crippen LogP contribution >= 0.6 is 0 Å². The Hall–Kier alpha value is -1.25. The van der Waals surface area contributed by atoms with Gasteiger partial charge in [-0.3, -0.25) is 4.98 Å². The summed E-state index contributed by atoms with van der Waals surface area (Å²) in [5, 5.41) is 6.93. The third-order valence-corrected chi connectivity index (χ3v) is 3.09. The number of nitrogens with one attached hydrogen (secondary N) is 2. The quantitative estimate of drug-likeness (QED) is 0.630. The lowest BCUT2D eigenvalue weighted by Gasteiger charge is -2.10. The highest BCUT2D eigenvalue weighted by Gasteiger charge is 2.43. The third kappa shape index (κ3) is 1.15. The van der Waals surface area contributed by atoms with Crippen molar-refractivity contribution >= 4 is 11.4 Å². The maximum absolute atomic E-state index is 4.11. The minimum absolute atomic E-state index is 0.541. The monoisotopic (exact) mass is 175 g/mol. The van der Waals surface area contributed by atoms with Crippen LogP contribution in [0.4, 0.5) is 11.4 Å². The summed E-state index contributed by atoms with van der Waals surface area (Å²) in [6.45, 7) is 2.20. The summed E-state index contributed by atoms with van der Waals surface area (Å²) in [5.74, 6) is 0. The molecule has 2 N–H and O–H groups in total. The Morgan fingerprint density at radius 2 is 1.92 bits per heavy atom. The third-order valence-electron chi connectivity index (χ3n) is 3.09. The summed E-state index contributed by atoms with van der Waals surface area (Å²) in [6.07, 6.45) is 6.44. The Kier molecular flexibility index (Phi) is 1.31. The van der Waals surface area contributed by atoms with Crippen LogP contribution in [0.25, 0.3) is 0 Å².